The van der Waals surface area contributed by atoms with Crippen LogP contribution in [0.2, 0.25) is 0 Å². The van der Waals surface area contributed by atoms with Crippen LogP contribution in [-0.2, 0) is 14.3 Å². The molecule has 0 radical (unpaired) electrons. The first-order valence-corrected chi connectivity index (χ1v) is 20.4. The van der Waals surface area contributed by atoms with Crippen LogP contribution in [0.4, 0.5) is 0 Å². The molecule has 1 N–H and O–H groups in total. The molecule has 0 atom stereocenters. The Morgan fingerprint density at radius 3 is 1.02 bits per heavy atom. The fourth-order valence-corrected chi connectivity index (χ4v) is 14.5. The third kappa shape index (κ3) is 7.68. The van der Waals surface area contributed by atoms with Crippen molar-refractivity contribution in [2.45, 2.75) is 20.3 Å². The monoisotopic (exact) mass is 696 g/mol. The summed E-state index contributed by atoms with van der Waals surface area (Å²) in [6, 6.07) is 61.0. The Bertz CT molecular complexity index is 1870. The van der Waals surface area contributed by atoms with Crippen molar-refractivity contribution in [3.63, 3.8) is 0 Å². The highest BCUT2D eigenvalue weighted by molar-refractivity contribution is 7.96. The molecule has 6 rings (SSSR count). The van der Waals surface area contributed by atoms with Gasteiger partial charge >= 0.3 is 11.9 Å². The number of rotatable bonds is 10. The van der Waals surface area contributed by atoms with Crippen molar-refractivity contribution >= 4 is 68.6 Å². The van der Waals surface area contributed by atoms with E-state index in [-0.39, 0.29) is 5.97 Å². The van der Waals surface area contributed by atoms with Crippen LogP contribution in [0.5, 0.6) is 0 Å². The minimum Gasteiger partial charge on any atom is -0.478 e. The number of ether oxygens (including phenoxy) is 1. The molecule has 0 spiro atoms. The number of carbonyl (C=O) groups excluding carboxylic acids is 1. The van der Waals surface area contributed by atoms with E-state index in [4.69, 9.17) is 4.74 Å². The molecule has 0 heterocycles. The largest absolute Gasteiger partial charge is 0.478 e. The van der Waals surface area contributed by atoms with Crippen LogP contribution in [0, 0.1) is 0 Å². The fourth-order valence-electron chi connectivity index (χ4n) is 6.40. The van der Waals surface area contributed by atoms with Gasteiger partial charge in [-0.05, 0) is 58.9 Å². The SMILES string of the molecule is CCC(C(=O)O)=P(c1ccccc1)(c1ccccc1)c1ccccc1.CCOC(=O)C=P(c1ccccc1)(c1ccccc1)c1ccccc1. The molecule has 0 unspecified atom stereocenters. The maximum atomic E-state index is 12.5. The normalized spacial score (nSPS) is 11.0. The van der Waals surface area contributed by atoms with Gasteiger partial charge in [0.15, 0.2) is 0 Å². The zero-order valence-corrected chi connectivity index (χ0v) is 30.2. The number of hydrogen-bond donors (Lipinski definition) is 1. The van der Waals surface area contributed by atoms with E-state index >= 15 is 0 Å². The summed E-state index contributed by atoms with van der Waals surface area (Å²) in [7, 11) is 0. The van der Waals surface area contributed by atoms with Gasteiger partial charge in [-0.3, -0.25) is 0 Å². The Balaban J connectivity index is 0.000000194. The van der Waals surface area contributed by atoms with Gasteiger partial charge in [0.1, 0.15) is 0 Å². The molecule has 0 aromatic heterocycles. The number of carboxylic acid groups (broad SMARTS) is 1. The van der Waals surface area contributed by atoms with E-state index < -0.39 is 19.7 Å². The lowest BCUT2D eigenvalue weighted by Gasteiger charge is -2.31. The lowest BCUT2D eigenvalue weighted by molar-refractivity contribution is -0.134. The predicted octanol–water partition coefficient (Wildman–Crippen LogP) is 6.99. The average molecular weight is 697 g/mol. The number of hydrogen-bond acceptors (Lipinski definition) is 3. The second kappa shape index (κ2) is 17.5. The van der Waals surface area contributed by atoms with Gasteiger partial charge in [-0.1, -0.05) is 189 Å². The van der Waals surface area contributed by atoms with Crippen molar-refractivity contribution in [2.75, 3.05) is 6.61 Å². The minimum atomic E-state index is -2.40. The summed E-state index contributed by atoms with van der Waals surface area (Å²) in [6.45, 7) is -0.502. The van der Waals surface area contributed by atoms with Crippen LogP contribution in [0.3, 0.4) is 0 Å². The number of aliphatic carboxylic acids is 1. The molecule has 6 heteroatoms. The van der Waals surface area contributed by atoms with E-state index in [1.165, 1.54) is 0 Å². The summed E-state index contributed by atoms with van der Waals surface area (Å²) in [5, 5.41) is 17.3. The molecule has 0 aliphatic carbocycles. The van der Waals surface area contributed by atoms with Gasteiger partial charge < -0.3 is 9.84 Å². The predicted molar refractivity (Wildman–Crippen MR) is 216 cm³/mol. The van der Waals surface area contributed by atoms with E-state index in [1.54, 1.807) is 5.80 Å². The van der Waals surface area contributed by atoms with Crippen LogP contribution >= 0.6 is 13.8 Å². The standard InChI is InChI=1S/2C22H21O2P/c1-2-24-22(23)18-25(19-12-6-3-7-13-19,20-14-8-4-9-15-20)21-16-10-5-11-17-21;1-2-21(22(23)24)25(18-12-6-3-7-13-18,19-14-8-4-9-15-19)20-16-10-5-11-17-20/h3-18H,2H2,1H3;3-17H,2H2,1H3,(H,23,24). The number of esters is 1. The Morgan fingerprint density at radius 2 is 0.780 bits per heavy atom. The quantitative estimate of drug-likeness (QED) is 0.124. The van der Waals surface area contributed by atoms with E-state index in [0.29, 0.717) is 18.3 Å². The average Bonchev–Trinajstić information content (AvgIpc) is 3.18. The van der Waals surface area contributed by atoms with Crippen LogP contribution in [0.25, 0.3) is 0 Å². The van der Waals surface area contributed by atoms with E-state index in [2.05, 4.69) is 72.8 Å². The van der Waals surface area contributed by atoms with Crippen molar-refractivity contribution in [3.8, 4) is 0 Å². The van der Waals surface area contributed by atoms with Crippen molar-refractivity contribution in [1.29, 1.82) is 0 Å². The van der Waals surface area contributed by atoms with Crippen molar-refractivity contribution in [1.82, 2.24) is 0 Å². The maximum absolute atomic E-state index is 12.5. The highest BCUT2D eigenvalue weighted by Crippen LogP contribution is 2.47. The maximum Gasteiger partial charge on any atom is 0.332 e. The highest BCUT2D eigenvalue weighted by Gasteiger charge is 2.32. The molecule has 0 saturated heterocycles. The lowest BCUT2D eigenvalue weighted by atomic mass is 10.3. The van der Waals surface area contributed by atoms with Crippen molar-refractivity contribution in [3.05, 3.63) is 182 Å². The molecular formula is C44H42O4P2. The number of benzene rings is 6. The van der Waals surface area contributed by atoms with Crippen molar-refractivity contribution < 1.29 is 19.4 Å². The lowest BCUT2D eigenvalue weighted by Crippen LogP contribution is -2.33. The summed E-state index contributed by atoms with van der Waals surface area (Å²) in [6.07, 6.45) is 0.502. The first kappa shape index (κ1) is 36.1. The molecule has 252 valence electrons. The minimum absolute atomic E-state index is 0.271. The Labute approximate surface area is 296 Å². The first-order chi connectivity index (χ1) is 24.5. The summed E-state index contributed by atoms with van der Waals surface area (Å²) in [5.41, 5.74) is 0. The molecule has 0 bridgehead atoms. The summed E-state index contributed by atoms with van der Waals surface area (Å²) in [5.74, 6) is 0.719. The van der Waals surface area contributed by atoms with Crippen molar-refractivity contribution in [2.24, 2.45) is 0 Å². The molecule has 6 aromatic rings. The molecule has 0 saturated carbocycles. The Morgan fingerprint density at radius 1 is 0.500 bits per heavy atom. The summed E-state index contributed by atoms with van der Waals surface area (Å²) < 4.78 is 5.30. The number of carbonyl (C=O) groups is 2. The third-order valence-corrected chi connectivity index (χ3v) is 17.0. The summed E-state index contributed by atoms with van der Waals surface area (Å²) >= 11 is 0. The highest BCUT2D eigenvalue weighted by atomic mass is 31.2. The smallest absolute Gasteiger partial charge is 0.332 e. The second-order valence-corrected chi connectivity index (χ2v) is 18.1. The van der Waals surface area contributed by atoms with Gasteiger partial charge in [0.25, 0.3) is 0 Å². The molecule has 6 aromatic carbocycles. The van der Waals surface area contributed by atoms with Gasteiger partial charge in [0.2, 0.25) is 0 Å². The molecule has 4 nitrogen and oxygen atoms in total. The van der Waals surface area contributed by atoms with Gasteiger partial charge in [-0.15, -0.1) is 0 Å². The van der Waals surface area contributed by atoms with Gasteiger partial charge in [-0.25, -0.2) is 9.59 Å². The van der Waals surface area contributed by atoms with Crippen LogP contribution < -0.4 is 31.8 Å². The Hall–Kier alpha value is -5.14. The molecule has 50 heavy (non-hydrogen) atoms. The van der Waals surface area contributed by atoms with Gasteiger partial charge in [0.05, 0.1) is 6.61 Å². The number of carboxylic acids is 1. The molecule has 0 fully saturated rings. The van der Waals surface area contributed by atoms with Gasteiger partial charge in [-0.2, -0.15) is 0 Å². The Kier molecular flexibility index (Phi) is 12.6. The van der Waals surface area contributed by atoms with E-state index in [1.807, 2.05) is 123 Å². The second-order valence-electron chi connectivity index (χ2n) is 11.4. The van der Waals surface area contributed by atoms with Crippen LogP contribution in [-0.4, -0.2) is 34.7 Å². The van der Waals surface area contributed by atoms with Gasteiger partial charge in [0, 0.05) is 11.1 Å². The third-order valence-electron chi connectivity index (χ3n) is 8.49. The summed E-state index contributed by atoms with van der Waals surface area (Å²) in [4.78, 5) is 24.8. The van der Waals surface area contributed by atoms with Crippen LogP contribution in [0.15, 0.2) is 182 Å². The molecule has 0 aliphatic rings. The molecular weight excluding hydrogens is 654 g/mol. The zero-order valence-electron chi connectivity index (χ0n) is 28.4. The zero-order chi connectivity index (χ0) is 35.2. The topological polar surface area (TPSA) is 63.6 Å². The molecule has 0 aliphatic heterocycles. The molecule has 0 amide bonds. The van der Waals surface area contributed by atoms with E-state index in [0.717, 1.165) is 31.8 Å². The van der Waals surface area contributed by atoms with E-state index in [9.17, 15) is 14.7 Å². The fraction of sp³-hybridized carbons (Fsp3) is 0.0909. The first-order valence-electron chi connectivity index (χ1n) is 16.7. The van der Waals surface area contributed by atoms with Crippen LogP contribution in [0.1, 0.15) is 20.3 Å².